The molecule has 0 fully saturated rings. The first kappa shape index (κ1) is 17.6. The molecule has 1 aromatic heterocycles. The van der Waals surface area contributed by atoms with Crippen LogP contribution in [0.15, 0.2) is 48.5 Å². The predicted octanol–water partition coefficient (Wildman–Crippen LogP) is 1.88. The van der Waals surface area contributed by atoms with Crippen molar-refractivity contribution in [2.24, 2.45) is 0 Å². The van der Waals surface area contributed by atoms with Gasteiger partial charge in [0.15, 0.2) is 5.82 Å². The van der Waals surface area contributed by atoms with Crippen molar-refractivity contribution in [3.8, 4) is 11.8 Å². The fourth-order valence-corrected chi connectivity index (χ4v) is 2.37. The molecule has 2 aromatic carbocycles. The summed E-state index contributed by atoms with van der Waals surface area (Å²) in [5.41, 5.74) is 2.88. The van der Waals surface area contributed by atoms with E-state index >= 15 is 0 Å². The van der Waals surface area contributed by atoms with Crippen LogP contribution in [-0.2, 0) is 13.0 Å². The minimum Gasteiger partial charge on any atom is -0.491 e. The molecule has 0 radical (unpaired) electrons. The molecule has 0 aliphatic rings. The van der Waals surface area contributed by atoms with Crippen LogP contribution >= 0.6 is 0 Å². The summed E-state index contributed by atoms with van der Waals surface area (Å²) in [6.07, 6.45) is -0.176. The summed E-state index contributed by atoms with van der Waals surface area (Å²) in [5.74, 6) is 1.20. The molecule has 0 saturated carbocycles. The molecule has 3 aromatic rings. The van der Waals surface area contributed by atoms with Gasteiger partial charge in [-0.3, -0.25) is 0 Å². The Labute approximate surface area is 151 Å². The Balaban J connectivity index is 1.49. The van der Waals surface area contributed by atoms with E-state index in [2.05, 4.69) is 15.4 Å². The molecule has 0 bridgehead atoms. The second-order valence-corrected chi connectivity index (χ2v) is 6.02. The van der Waals surface area contributed by atoms with Crippen LogP contribution in [0, 0.1) is 18.3 Å². The maximum absolute atomic E-state index is 10.1. The average Bonchev–Trinajstić information content (AvgIpc) is 3.09. The van der Waals surface area contributed by atoms with E-state index in [4.69, 9.17) is 10.00 Å². The lowest BCUT2D eigenvalue weighted by Gasteiger charge is -2.11. The van der Waals surface area contributed by atoms with Crippen LogP contribution in [0.4, 0.5) is 0 Å². The number of aliphatic hydroxyl groups is 1. The number of rotatable bonds is 7. The quantitative estimate of drug-likeness (QED) is 0.699. The predicted molar refractivity (Wildman–Crippen MR) is 94.5 cm³/mol. The van der Waals surface area contributed by atoms with Crippen LogP contribution < -0.4 is 4.74 Å². The smallest absolute Gasteiger partial charge is 0.179 e. The van der Waals surface area contributed by atoms with E-state index in [1.165, 1.54) is 10.4 Å². The van der Waals surface area contributed by atoms with Gasteiger partial charge in [-0.15, -0.1) is 10.2 Å². The molecule has 7 heteroatoms. The van der Waals surface area contributed by atoms with E-state index in [0.29, 0.717) is 23.6 Å². The lowest BCUT2D eigenvalue weighted by molar-refractivity contribution is 0.0849. The van der Waals surface area contributed by atoms with Gasteiger partial charge in [0.1, 0.15) is 18.5 Å². The van der Waals surface area contributed by atoms with Crippen molar-refractivity contribution in [1.82, 2.24) is 20.2 Å². The highest BCUT2D eigenvalue weighted by Gasteiger charge is 2.10. The van der Waals surface area contributed by atoms with Gasteiger partial charge >= 0.3 is 0 Å². The molecule has 0 unspecified atom stereocenters. The molecular weight excluding hydrogens is 330 g/mol. The Bertz CT molecular complexity index is 882. The van der Waals surface area contributed by atoms with Gasteiger partial charge in [-0.2, -0.15) is 10.1 Å². The highest BCUT2D eigenvalue weighted by molar-refractivity contribution is 5.34. The van der Waals surface area contributed by atoms with Crippen LogP contribution in [0.5, 0.6) is 5.75 Å². The minimum absolute atomic E-state index is 0.0980. The van der Waals surface area contributed by atoms with Crippen LogP contribution in [0.25, 0.3) is 0 Å². The maximum Gasteiger partial charge on any atom is 0.179 e. The van der Waals surface area contributed by atoms with Gasteiger partial charge in [-0.1, -0.05) is 29.8 Å². The zero-order valence-electron chi connectivity index (χ0n) is 14.4. The van der Waals surface area contributed by atoms with Gasteiger partial charge in [0.05, 0.1) is 18.2 Å². The van der Waals surface area contributed by atoms with Gasteiger partial charge in [-0.25, -0.2) is 0 Å². The van der Waals surface area contributed by atoms with E-state index in [1.54, 1.807) is 24.3 Å². The summed E-state index contributed by atoms with van der Waals surface area (Å²) in [7, 11) is 0. The lowest BCUT2D eigenvalue weighted by Crippen LogP contribution is -2.25. The van der Waals surface area contributed by atoms with Crippen LogP contribution in [0.1, 0.15) is 22.5 Å². The number of tetrazole rings is 1. The number of aliphatic hydroxyl groups excluding tert-OH is 1. The second-order valence-electron chi connectivity index (χ2n) is 6.02. The van der Waals surface area contributed by atoms with Crippen molar-refractivity contribution >= 4 is 0 Å². The van der Waals surface area contributed by atoms with Crippen molar-refractivity contribution in [3.63, 3.8) is 0 Å². The molecule has 0 saturated heterocycles. The molecule has 0 amide bonds. The first-order valence-corrected chi connectivity index (χ1v) is 8.25. The highest BCUT2D eigenvalue weighted by Crippen LogP contribution is 2.12. The standard InChI is InChI=1S/C19H19N5O2/c1-14-2-4-15(5-3-14)10-19-21-23-24(22-19)12-17(25)13-26-18-8-6-16(11-20)7-9-18/h2-9,17,25H,10,12-13H2,1H3/t17-/m0/s1. The van der Waals surface area contributed by atoms with Crippen molar-refractivity contribution in [1.29, 1.82) is 5.26 Å². The number of hydrogen-bond donors (Lipinski definition) is 1. The number of nitriles is 1. The SMILES string of the molecule is Cc1ccc(Cc2nnn(C[C@H](O)COc3ccc(C#N)cc3)n2)cc1. The third kappa shape index (κ3) is 4.88. The van der Waals surface area contributed by atoms with E-state index in [-0.39, 0.29) is 13.2 Å². The normalized spacial score (nSPS) is 11.7. The zero-order chi connectivity index (χ0) is 18.4. The Morgan fingerprint density at radius 3 is 2.58 bits per heavy atom. The molecule has 0 spiro atoms. The third-order valence-electron chi connectivity index (χ3n) is 3.78. The first-order valence-electron chi connectivity index (χ1n) is 8.25. The molecule has 132 valence electrons. The summed E-state index contributed by atoms with van der Waals surface area (Å²) >= 11 is 0. The number of ether oxygens (including phenoxy) is 1. The van der Waals surface area contributed by atoms with Gasteiger partial charge in [-0.05, 0) is 42.0 Å². The van der Waals surface area contributed by atoms with Gasteiger partial charge < -0.3 is 9.84 Å². The van der Waals surface area contributed by atoms with E-state index in [9.17, 15) is 5.11 Å². The fourth-order valence-electron chi connectivity index (χ4n) is 2.37. The molecule has 0 aliphatic heterocycles. The Morgan fingerprint density at radius 1 is 1.15 bits per heavy atom. The summed E-state index contributed by atoms with van der Waals surface area (Å²) in [6, 6.07) is 16.9. The summed E-state index contributed by atoms with van der Waals surface area (Å²) in [6.45, 7) is 2.33. The van der Waals surface area contributed by atoms with Crippen molar-refractivity contribution in [3.05, 3.63) is 71.0 Å². The molecule has 7 nitrogen and oxygen atoms in total. The van der Waals surface area contributed by atoms with Crippen LogP contribution in [-0.4, -0.2) is 38.0 Å². The van der Waals surface area contributed by atoms with Gasteiger partial charge in [0, 0.05) is 6.42 Å². The second kappa shape index (κ2) is 8.23. The molecule has 1 N–H and O–H groups in total. The fraction of sp³-hybridized carbons (Fsp3) is 0.263. The zero-order valence-corrected chi connectivity index (χ0v) is 14.4. The monoisotopic (exact) mass is 349 g/mol. The van der Waals surface area contributed by atoms with E-state index < -0.39 is 6.10 Å². The Morgan fingerprint density at radius 2 is 1.88 bits per heavy atom. The molecule has 3 rings (SSSR count). The summed E-state index contributed by atoms with van der Waals surface area (Å²) < 4.78 is 5.50. The molecule has 1 atom stereocenters. The van der Waals surface area contributed by atoms with Gasteiger partial charge in [0.25, 0.3) is 0 Å². The number of hydrogen-bond acceptors (Lipinski definition) is 6. The number of nitrogens with zero attached hydrogens (tertiary/aromatic N) is 5. The molecular formula is C19H19N5O2. The lowest BCUT2D eigenvalue weighted by atomic mass is 10.1. The van der Waals surface area contributed by atoms with Crippen molar-refractivity contribution in [2.45, 2.75) is 26.0 Å². The minimum atomic E-state index is -0.771. The Kier molecular flexibility index (Phi) is 5.56. The largest absolute Gasteiger partial charge is 0.491 e. The third-order valence-corrected chi connectivity index (χ3v) is 3.78. The molecule has 26 heavy (non-hydrogen) atoms. The average molecular weight is 349 g/mol. The molecule has 0 aliphatic carbocycles. The summed E-state index contributed by atoms with van der Waals surface area (Å²) in [5, 5.41) is 31.1. The van der Waals surface area contributed by atoms with Crippen LogP contribution in [0.2, 0.25) is 0 Å². The van der Waals surface area contributed by atoms with E-state index in [1.807, 2.05) is 37.3 Å². The number of aromatic nitrogens is 4. The van der Waals surface area contributed by atoms with Gasteiger partial charge in [0.2, 0.25) is 0 Å². The van der Waals surface area contributed by atoms with E-state index in [0.717, 1.165) is 5.56 Å². The number of aryl methyl sites for hydroxylation is 1. The molecule has 1 heterocycles. The number of benzene rings is 2. The van der Waals surface area contributed by atoms with Crippen molar-refractivity contribution < 1.29 is 9.84 Å². The topological polar surface area (TPSA) is 96.9 Å². The van der Waals surface area contributed by atoms with Crippen molar-refractivity contribution in [2.75, 3.05) is 6.61 Å². The first-order chi connectivity index (χ1) is 12.6. The van der Waals surface area contributed by atoms with Crippen LogP contribution in [0.3, 0.4) is 0 Å². The maximum atomic E-state index is 10.1. The Hall–Kier alpha value is -3.24. The highest BCUT2D eigenvalue weighted by atomic mass is 16.5. The summed E-state index contributed by atoms with van der Waals surface area (Å²) in [4.78, 5) is 1.37.